The number of likely N-dealkylation sites (tertiary alicyclic amines) is 1. The second-order valence-corrected chi connectivity index (χ2v) is 6.00. The van der Waals surface area contributed by atoms with Gasteiger partial charge < -0.3 is 9.80 Å². The highest BCUT2D eigenvalue weighted by Crippen LogP contribution is 2.47. The first kappa shape index (κ1) is 14.0. The SMILES string of the molecule is CCC1(N=CC=O)C[C@H]2CN(C(=O)N(C)C)C[C@H]2C1. The lowest BCUT2D eigenvalue weighted by Gasteiger charge is -2.27. The van der Waals surface area contributed by atoms with Gasteiger partial charge in [0.15, 0.2) is 6.29 Å². The number of fused-ring (bicyclic) bond motifs is 1. The first-order valence-electron chi connectivity index (χ1n) is 6.96. The van der Waals surface area contributed by atoms with Gasteiger partial charge in [0.05, 0.1) is 11.8 Å². The minimum Gasteiger partial charge on any atom is -0.331 e. The fourth-order valence-electron chi connectivity index (χ4n) is 3.57. The van der Waals surface area contributed by atoms with Crippen molar-refractivity contribution in [2.75, 3.05) is 27.2 Å². The Labute approximate surface area is 114 Å². The van der Waals surface area contributed by atoms with E-state index in [4.69, 9.17) is 0 Å². The van der Waals surface area contributed by atoms with Crippen LogP contribution in [0.4, 0.5) is 4.79 Å². The van der Waals surface area contributed by atoms with E-state index in [0.717, 1.165) is 38.6 Å². The lowest BCUT2D eigenvalue weighted by atomic mass is 9.93. The molecule has 1 saturated carbocycles. The third kappa shape index (κ3) is 2.65. The molecule has 2 amide bonds. The third-order valence-electron chi connectivity index (χ3n) is 4.58. The second kappa shape index (κ2) is 5.31. The van der Waals surface area contributed by atoms with Crippen molar-refractivity contribution < 1.29 is 9.59 Å². The molecule has 0 aromatic rings. The predicted molar refractivity (Wildman–Crippen MR) is 74.4 cm³/mol. The Morgan fingerprint density at radius 3 is 2.37 bits per heavy atom. The average molecular weight is 265 g/mol. The van der Waals surface area contributed by atoms with E-state index in [1.165, 1.54) is 6.21 Å². The molecule has 1 unspecified atom stereocenters. The van der Waals surface area contributed by atoms with Crippen LogP contribution in [-0.2, 0) is 4.79 Å². The Morgan fingerprint density at radius 1 is 1.37 bits per heavy atom. The summed E-state index contributed by atoms with van der Waals surface area (Å²) in [7, 11) is 3.59. The highest BCUT2D eigenvalue weighted by Gasteiger charge is 2.49. The first-order chi connectivity index (χ1) is 9.01. The monoisotopic (exact) mass is 265 g/mol. The van der Waals surface area contributed by atoms with E-state index in [1.54, 1.807) is 19.0 Å². The summed E-state index contributed by atoms with van der Waals surface area (Å²) in [5, 5.41) is 0. The minimum atomic E-state index is -0.0660. The lowest BCUT2D eigenvalue weighted by Crippen LogP contribution is -2.39. The van der Waals surface area contributed by atoms with Crippen molar-refractivity contribution in [2.45, 2.75) is 31.7 Å². The average Bonchev–Trinajstić information content (AvgIpc) is 2.91. The van der Waals surface area contributed by atoms with Crippen LogP contribution in [0.3, 0.4) is 0 Å². The van der Waals surface area contributed by atoms with Crippen molar-refractivity contribution >= 4 is 18.5 Å². The molecule has 0 aromatic carbocycles. The predicted octanol–water partition coefficient (Wildman–Crippen LogP) is 1.43. The number of hydrogen-bond donors (Lipinski definition) is 0. The fourth-order valence-corrected chi connectivity index (χ4v) is 3.57. The molecule has 1 heterocycles. The van der Waals surface area contributed by atoms with Gasteiger partial charge in [0.2, 0.25) is 0 Å². The molecule has 3 atom stereocenters. The van der Waals surface area contributed by atoms with Crippen molar-refractivity contribution in [1.82, 2.24) is 9.80 Å². The fraction of sp³-hybridized carbons (Fsp3) is 0.786. The van der Waals surface area contributed by atoms with Gasteiger partial charge in [0.1, 0.15) is 0 Å². The lowest BCUT2D eigenvalue weighted by molar-refractivity contribution is -0.102. The molecule has 106 valence electrons. The van der Waals surface area contributed by atoms with Gasteiger partial charge >= 0.3 is 6.03 Å². The van der Waals surface area contributed by atoms with Crippen molar-refractivity contribution in [1.29, 1.82) is 0 Å². The molecule has 0 radical (unpaired) electrons. The summed E-state index contributed by atoms with van der Waals surface area (Å²) in [4.78, 5) is 30.5. The van der Waals surface area contributed by atoms with Crippen LogP contribution >= 0.6 is 0 Å². The number of aldehydes is 1. The van der Waals surface area contributed by atoms with Crippen LogP contribution in [0.1, 0.15) is 26.2 Å². The zero-order valence-electron chi connectivity index (χ0n) is 12.0. The molecular weight excluding hydrogens is 242 g/mol. The highest BCUT2D eigenvalue weighted by atomic mass is 16.2. The van der Waals surface area contributed by atoms with Crippen LogP contribution in [0.15, 0.2) is 4.99 Å². The molecule has 0 aromatic heterocycles. The minimum absolute atomic E-state index is 0.0660. The maximum atomic E-state index is 12.0. The van der Waals surface area contributed by atoms with Gasteiger partial charge in [-0.1, -0.05) is 6.92 Å². The zero-order chi connectivity index (χ0) is 14.0. The van der Waals surface area contributed by atoms with Crippen LogP contribution in [0, 0.1) is 11.8 Å². The summed E-state index contributed by atoms with van der Waals surface area (Å²) in [5.41, 5.74) is -0.0660. The molecule has 1 aliphatic heterocycles. The smallest absolute Gasteiger partial charge is 0.319 e. The Morgan fingerprint density at radius 2 is 1.95 bits per heavy atom. The molecule has 2 rings (SSSR count). The quantitative estimate of drug-likeness (QED) is 0.572. The number of urea groups is 1. The Kier molecular flexibility index (Phi) is 3.92. The molecule has 5 nitrogen and oxygen atoms in total. The van der Waals surface area contributed by atoms with Crippen molar-refractivity contribution in [3.05, 3.63) is 0 Å². The molecule has 0 spiro atoms. The summed E-state index contributed by atoms with van der Waals surface area (Å²) >= 11 is 0. The molecule has 1 aliphatic carbocycles. The summed E-state index contributed by atoms with van der Waals surface area (Å²) < 4.78 is 0. The number of aliphatic imine (C=N–C) groups is 1. The third-order valence-corrected chi connectivity index (χ3v) is 4.58. The maximum absolute atomic E-state index is 12.0. The van der Waals surface area contributed by atoms with E-state index >= 15 is 0 Å². The van der Waals surface area contributed by atoms with E-state index in [9.17, 15) is 9.59 Å². The number of carbonyl (C=O) groups excluding carboxylic acids is 2. The van der Waals surface area contributed by atoms with Crippen LogP contribution < -0.4 is 0 Å². The van der Waals surface area contributed by atoms with Gasteiger partial charge in [0.25, 0.3) is 0 Å². The molecule has 19 heavy (non-hydrogen) atoms. The van der Waals surface area contributed by atoms with Gasteiger partial charge in [-0.2, -0.15) is 0 Å². The zero-order valence-corrected chi connectivity index (χ0v) is 12.0. The normalized spacial score (nSPS) is 33.7. The van der Waals surface area contributed by atoms with Gasteiger partial charge in [0, 0.05) is 27.2 Å². The van der Waals surface area contributed by atoms with Crippen LogP contribution in [0.25, 0.3) is 0 Å². The maximum Gasteiger partial charge on any atom is 0.319 e. The molecule has 1 saturated heterocycles. The summed E-state index contributed by atoms with van der Waals surface area (Å²) in [6.07, 6.45) is 5.11. The van der Waals surface area contributed by atoms with Crippen molar-refractivity contribution in [3.8, 4) is 0 Å². The molecule has 0 bridgehead atoms. The van der Waals surface area contributed by atoms with Crippen LogP contribution in [0.2, 0.25) is 0 Å². The number of hydrogen-bond acceptors (Lipinski definition) is 3. The van der Waals surface area contributed by atoms with Crippen molar-refractivity contribution in [3.63, 3.8) is 0 Å². The number of carbonyl (C=O) groups is 2. The standard InChI is InChI=1S/C14H23N3O2/c1-4-14(15-5-6-18)7-11-9-17(10-12(11)8-14)13(19)16(2)3/h5-6,11-12H,4,7-10H2,1-3H3/t11-,12+,14?. The first-order valence-corrected chi connectivity index (χ1v) is 6.96. The van der Waals surface area contributed by atoms with Gasteiger partial charge in [-0.15, -0.1) is 0 Å². The molecule has 0 N–H and O–H groups in total. The van der Waals surface area contributed by atoms with Crippen LogP contribution in [0.5, 0.6) is 0 Å². The van der Waals surface area contributed by atoms with E-state index < -0.39 is 0 Å². The highest BCUT2D eigenvalue weighted by molar-refractivity contribution is 6.13. The Hall–Kier alpha value is -1.39. The molecular formula is C14H23N3O2. The van der Waals surface area contributed by atoms with E-state index in [0.29, 0.717) is 11.8 Å². The van der Waals surface area contributed by atoms with Crippen LogP contribution in [-0.4, -0.2) is 61.1 Å². The number of rotatable bonds is 3. The molecule has 2 fully saturated rings. The summed E-state index contributed by atoms with van der Waals surface area (Å²) in [5.74, 6) is 1.07. The Balaban J connectivity index is 2.02. The summed E-state index contributed by atoms with van der Waals surface area (Å²) in [6.45, 7) is 3.80. The van der Waals surface area contributed by atoms with Gasteiger partial charge in [-0.05, 0) is 31.1 Å². The molecule has 5 heteroatoms. The van der Waals surface area contributed by atoms with E-state index in [2.05, 4.69) is 11.9 Å². The topological polar surface area (TPSA) is 53.0 Å². The van der Waals surface area contributed by atoms with Crippen molar-refractivity contribution in [2.24, 2.45) is 16.8 Å². The van der Waals surface area contributed by atoms with Gasteiger partial charge in [-0.3, -0.25) is 9.79 Å². The molecule has 2 aliphatic rings. The largest absolute Gasteiger partial charge is 0.331 e. The van der Waals surface area contributed by atoms with E-state index in [1.807, 2.05) is 4.90 Å². The second-order valence-electron chi connectivity index (χ2n) is 6.00. The Bertz CT molecular complexity index is 378. The van der Waals surface area contributed by atoms with E-state index in [-0.39, 0.29) is 11.6 Å². The van der Waals surface area contributed by atoms with Gasteiger partial charge in [-0.25, -0.2) is 4.79 Å². The number of nitrogens with zero attached hydrogens (tertiary/aromatic N) is 3. The number of amides is 2. The summed E-state index contributed by atoms with van der Waals surface area (Å²) in [6, 6.07) is 0.105.